The van der Waals surface area contributed by atoms with Crippen molar-refractivity contribution in [3.05, 3.63) is 41.5 Å². The van der Waals surface area contributed by atoms with Crippen LogP contribution in [0.5, 0.6) is 0 Å². The number of anilines is 1. The fraction of sp³-hybridized carbons (Fsp3) is 0.167. The fourth-order valence-electron chi connectivity index (χ4n) is 1.55. The number of benzene rings is 1. The predicted octanol–water partition coefficient (Wildman–Crippen LogP) is 2.48. The molecule has 4 heteroatoms. The van der Waals surface area contributed by atoms with Crippen molar-refractivity contribution in [3.8, 4) is 11.3 Å². The van der Waals surface area contributed by atoms with Crippen molar-refractivity contribution in [2.75, 3.05) is 5.73 Å². The standard InChI is InChI=1S/C12H12FN3/c1-7-5-9(3-4-10(7)13)11-8(2)12(14)16-6-15-11/h3-6H,1-2H3,(H2,14,15,16). The van der Waals surface area contributed by atoms with Gasteiger partial charge in [-0.05, 0) is 37.6 Å². The highest BCUT2D eigenvalue weighted by Crippen LogP contribution is 2.24. The molecule has 0 aliphatic rings. The van der Waals surface area contributed by atoms with E-state index < -0.39 is 0 Å². The molecular formula is C12H12FN3. The first-order chi connectivity index (χ1) is 7.59. The van der Waals surface area contributed by atoms with Crippen LogP contribution < -0.4 is 5.73 Å². The third kappa shape index (κ3) is 1.74. The Bertz CT molecular complexity index is 538. The van der Waals surface area contributed by atoms with Crippen LogP contribution in [0.15, 0.2) is 24.5 Å². The number of rotatable bonds is 1. The zero-order valence-corrected chi connectivity index (χ0v) is 9.16. The van der Waals surface area contributed by atoms with Crippen LogP contribution in [-0.2, 0) is 0 Å². The Morgan fingerprint density at radius 1 is 1.19 bits per heavy atom. The zero-order valence-electron chi connectivity index (χ0n) is 9.16. The van der Waals surface area contributed by atoms with Gasteiger partial charge in [0.1, 0.15) is 18.0 Å². The van der Waals surface area contributed by atoms with Gasteiger partial charge >= 0.3 is 0 Å². The molecule has 82 valence electrons. The molecule has 3 nitrogen and oxygen atoms in total. The Labute approximate surface area is 93.2 Å². The van der Waals surface area contributed by atoms with Crippen molar-refractivity contribution in [1.82, 2.24) is 9.97 Å². The van der Waals surface area contributed by atoms with E-state index in [0.29, 0.717) is 11.4 Å². The van der Waals surface area contributed by atoms with Crippen molar-refractivity contribution in [2.24, 2.45) is 0 Å². The maximum absolute atomic E-state index is 13.1. The summed E-state index contributed by atoms with van der Waals surface area (Å²) in [4.78, 5) is 8.06. The van der Waals surface area contributed by atoms with E-state index in [-0.39, 0.29) is 5.82 Å². The van der Waals surface area contributed by atoms with Crippen molar-refractivity contribution in [2.45, 2.75) is 13.8 Å². The Balaban J connectivity index is 2.59. The minimum Gasteiger partial charge on any atom is -0.383 e. The zero-order chi connectivity index (χ0) is 11.7. The average molecular weight is 217 g/mol. The summed E-state index contributed by atoms with van der Waals surface area (Å²) in [5.74, 6) is 0.232. The van der Waals surface area contributed by atoms with Crippen LogP contribution in [0.25, 0.3) is 11.3 Å². The molecule has 0 saturated carbocycles. The monoisotopic (exact) mass is 217 g/mol. The van der Waals surface area contributed by atoms with Gasteiger partial charge in [0.2, 0.25) is 0 Å². The molecule has 0 amide bonds. The number of halogens is 1. The summed E-state index contributed by atoms with van der Waals surface area (Å²) in [6.45, 7) is 3.57. The molecule has 0 spiro atoms. The number of hydrogen-bond donors (Lipinski definition) is 1. The lowest BCUT2D eigenvalue weighted by atomic mass is 10.0. The van der Waals surface area contributed by atoms with Gasteiger partial charge in [0.15, 0.2) is 0 Å². The maximum Gasteiger partial charge on any atom is 0.130 e. The Morgan fingerprint density at radius 3 is 2.62 bits per heavy atom. The summed E-state index contributed by atoms with van der Waals surface area (Å²) in [6.07, 6.45) is 1.41. The molecule has 0 unspecified atom stereocenters. The largest absolute Gasteiger partial charge is 0.383 e. The smallest absolute Gasteiger partial charge is 0.130 e. The number of aryl methyl sites for hydroxylation is 1. The summed E-state index contributed by atoms with van der Waals surface area (Å²) < 4.78 is 13.1. The SMILES string of the molecule is Cc1cc(-c2ncnc(N)c2C)ccc1F. The third-order valence-corrected chi connectivity index (χ3v) is 2.55. The van der Waals surface area contributed by atoms with Crippen LogP contribution >= 0.6 is 0 Å². The summed E-state index contributed by atoms with van der Waals surface area (Å²) in [5, 5.41) is 0. The lowest BCUT2D eigenvalue weighted by Crippen LogP contribution is -1.98. The summed E-state index contributed by atoms with van der Waals surface area (Å²) in [5.41, 5.74) is 8.70. The van der Waals surface area contributed by atoms with E-state index in [9.17, 15) is 4.39 Å². The molecule has 1 heterocycles. The van der Waals surface area contributed by atoms with Gasteiger partial charge < -0.3 is 5.73 Å². The normalized spacial score (nSPS) is 10.4. The van der Waals surface area contributed by atoms with Crippen molar-refractivity contribution in [3.63, 3.8) is 0 Å². The van der Waals surface area contributed by atoms with Crippen LogP contribution in [0.4, 0.5) is 10.2 Å². The second-order valence-electron chi connectivity index (χ2n) is 3.70. The Morgan fingerprint density at radius 2 is 1.94 bits per heavy atom. The Hall–Kier alpha value is -1.97. The highest BCUT2D eigenvalue weighted by Gasteiger charge is 2.08. The van der Waals surface area contributed by atoms with Crippen LogP contribution in [0.2, 0.25) is 0 Å². The molecule has 1 aromatic carbocycles. The van der Waals surface area contributed by atoms with Crippen molar-refractivity contribution >= 4 is 5.82 Å². The first-order valence-electron chi connectivity index (χ1n) is 4.93. The molecule has 2 rings (SSSR count). The van der Waals surface area contributed by atoms with E-state index in [4.69, 9.17) is 5.73 Å². The number of aromatic nitrogens is 2. The van der Waals surface area contributed by atoms with Crippen LogP contribution in [-0.4, -0.2) is 9.97 Å². The van der Waals surface area contributed by atoms with E-state index in [2.05, 4.69) is 9.97 Å². The molecule has 0 saturated heterocycles. The van der Waals surface area contributed by atoms with Crippen LogP contribution in [0.1, 0.15) is 11.1 Å². The molecule has 0 bridgehead atoms. The van der Waals surface area contributed by atoms with E-state index in [1.54, 1.807) is 19.1 Å². The quantitative estimate of drug-likeness (QED) is 0.798. The van der Waals surface area contributed by atoms with Gasteiger partial charge in [0.25, 0.3) is 0 Å². The molecule has 0 atom stereocenters. The van der Waals surface area contributed by atoms with Gasteiger partial charge in [0, 0.05) is 11.1 Å². The second kappa shape index (κ2) is 3.89. The maximum atomic E-state index is 13.1. The van der Waals surface area contributed by atoms with Crippen molar-refractivity contribution < 1.29 is 4.39 Å². The van der Waals surface area contributed by atoms with Gasteiger partial charge in [-0.3, -0.25) is 0 Å². The van der Waals surface area contributed by atoms with E-state index in [1.165, 1.54) is 12.4 Å². The summed E-state index contributed by atoms with van der Waals surface area (Å²) >= 11 is 0. The predicted molar refractivity (Wildman–Crippen MR) is 61.3 cm³/mol. The van der Waals surface area contributed by atoms with Gasteiger partial charge in [-0.25, -0.2) is 14.4 Å². The molecule has 0 radical (unpaired) electrons. The first kappa shape index (κ1) is 10.5. The van der Waals surface area contributed by atoms with E-state index in [0.717, 1.165) is 16.8 Å². The minimum atomic E-state index is -0.219. The molecule has 0 aliphatic heterocycles. The second-order valence-corrected chi connectivity index (χ2v) is 3.70. The lowest BCUT2D eigenvalue weighted by Gasteiger charge is -2.07. The first-order valence-corrected chi connectivity index (χ1v) is 4.93. The van der Waals surface area contributed by atoms with E-state index >= 15 is 0 Å². The fourth-order valence-corrected chi connectivity index (χ4v) is 1.55. The van der Waals surface area contributed by atoms with Crippen LogP contribution in [0, 0.1) is 19.7 Å². The molecule has 16 heavy (non-hydrogen) atoms. The van der Waals surface area contributed by atoms with Gasteiger partial charge in [0.05, 0.1) is 5.69 Å². The average Bonchev–Trinajstić information content (AvgIpc) is 2.26. The topological polar surface area (TPSA) is 51.8 Å². The van der Waals surface area contributed by atoms with Gasteiger partial charge in [-0.15, -0.1) is 0 Å². The highest BCUT2D eigenvalue weighted by atomic mass is 19.1. The molecule has 2 aromatic rings. The molecule has 0 aliphatic carbocycles. The number of hydrogen-bond acceptors (Lipinski definition) is 3. The lowest BCUT2D eigenvalue weighted by molar-refractivity contribution is 0.618. The molecule has 1 aromatic heterocycles. The molecule has 2 N–H and O–H groups in total. The number of nitrogen functional groups attached to an aromatic ring is 1. The Kier molecular flexibility index (Phi) is 2.56. The molecule has 0 fully saturated rings. The number of nitrogens with zero attached hydrogens (tertiary/aromatic N) is 2. The number of nitrogens with two attached hydrogens (primary N) is 1. The highest BCUT2D eigenvalue weighted by molar-refractivity contribution is 5.67. The van der Waals surface area contributed by atoms with Gasteiger partial charge in [-0.1, -0.05) is 0 Å². The molecular weight excluding hydrogens is 205 g/mol. The minimum absolute atomic E-state index is 0.219. The van der Waals surface area contributed by atoms with Crippen LogP contribution in [0.3, 0.4) is 0 Å². The third-order valence-electron chi connectivity index (χ3n) is 2.55. The van der Waals surface area contributed by atoms with E-state index in [1.807, 2.05) is 6.92 Å². The van der Waals surface area contributed by atoms with Crippen molar-refractivity contribution in [1.29, 1.82) is 0 Å². The summed E-state index contributed by atoms with van der Waals surface area (Å²) in [7, 11) is 0. The van der Waals surface area contributed by atoms with Gasteiger partial charge in [-0.2, -0.15) is 0 Å². The summed E-state index contributed by atoms with van der Waals surface area (Å²) in [6, 6.07) is 4.88.